The van der Waals surface area contributed by atoms with E-state index in [1.807, 2.05) is 17.0 Å². The summed E-state index contributed by atoms with van der Waals surface area (Å²) in [5.74, 6) is 1.18. The molecule has 3 heterocycles. The van der Waals surface area contributed by atoms with Crippen LogP contribution in [0.2, 0.25) is 0 Å². The molecule has 2 aromatic rings. The monoisotopic (exact) mass is 341 g/mol. The lowest BCUT2D eigenvalue weighted by atomic mass is 9.94. The van der Waals surface area contributed by atoms with Crippen molar-refractivity contribution in [3.63, 3.8) is 0 Å². The van der Waals surface area contributed by atoms with E-state index in [4.69, 9.17) is 9.47 Å². The van der Waals surface area contributed by atoms with Crippen LogP contribution in [-0.4, -0.2) is 47.1 Å². The van der Waals surface area contributed by atoms with Gasteiger partial charge in [0.15, 0.2) is 11.5 Å². The van der Waals surface area contributed by atoms with Gasteiger partial charge in [-0.3, -0.25) is 4.79 Å². The molecule has 0 saturated carbocycles. The van der Waals surface area contributed by atoms with Crippen LogP contribution in [0.25, 0.3) is 0 Å². The van der Waals surface area contributed by atoms with Crippen molar-refractivity contribution in [1.29, 1.82) is 0 Å². The summed E-state index contributed by atoms with van der Waals surface area (Å²) in [7, 11) is 0. The minimum Gasteiger partial charge on any atom is -0.486 e. The van der Waals surface area contributed by atoms with Gasteiger partial charge >= 0.3 is 5.69 Å². The number of H-pyrrole nitrogens is 1. The number of aromatic amines is 1. The van der Waals surface area contributed by atoms with E-state index >= 15 is 0 Å². The highest BCUT2D eigenvalue weighted by molar-refractivity contribution is 5.98. The number of hydrogen-bond acceptors (Lipinski definition) is 5. The van der Waals surface area contributed by atoms with Crippen molar-refractivity contribution in [2.24, 2.45) is 0 Å². The van der Waals surface area contributed by atoms with Gasteiger partial charge in [-0.1, -0.05) is 6.07 Å². The first kappa shape index (κ1) is 15.7. The fourth-order valence-electron chi connectivity index (χ4n) is 3.45. The fourth-order valence-corrected chi connectivity index (χ4v) is 3.45. The SMILES string of the molecule is O=C(c1cccc2c1OCCO2)N1CCC[C@@H](c2ccnc(=O)[nH]2)C1. The van der Waals surface area contributed by atoms with Gasteiger partial charge < -0.3 is 19.4 Å². The minimum atomic E-state index is -0.358. The van der Waals surface area contributed by atoms with Gasteiger partial charge in [-0.05, 0) is 31.0 Å². The quantitative estimate of drug-likeness (QED) is 0.896. The number of amides is 1. The Bertz CT molecular complexity index is 848. The Kier molecular flexibility index (Phi) is 4.13. The molecule has 0 aliphatic carbocycles. The Morgan fingerprint density at radius 1 is 1.24 bits per heavy atom. The summed E-state index contributed by atoms with van der Waals surface area (Å²) in [6.45, 7) is 2.18. The molecule has 4 rings (SSSR count). The highest BCUT2D eigenvalue weighted by atomic mass is 16.6. The van der Waals surface area contributed by atoms with Gasteiger partial charge in [-0.25, -0.2) is 9.78 Å². The number of aromatic nitrogens is 2. The van der Waals surface area contributed by atoms with Gasteiger partial charge in [0, 0.05) is 30.9 Å². The van der Waals surface area contributed by atoms with Gasteiger partial charge in [0.1, 0.15) is 13.2 Å². The first-order valence-electron chi connectivity index (χ1n) is 8.45. The van der Waals surface area contributed by atoms with Crippen LogP contribution in [0.1, 0.15) is 34.8 Å². The number of rotatable bonds is 2. The Hall–Kier alpha value is -2.83. The van der Waals surface area contributed by atoms with E-state index in [1.165, 1.54) is 6.20 Å². The molecule has 130 valence electrons. The maximum atomic E-state index is 13.0. The van der Waals surface area contributed by atoms with Crippen molar-refractivity contribution in [2.75, 3.05) is 26.3 Å². The molecule has 1 atom stereocenters. The maximum Gasteiger partial charge on any atom is 0.345 e. The van der Waals surface area contributed by atoms with Crippen LogP contribution >= 0.6 is 0 Å². The first-order chi connectivity index (χ1) is 12.2. The minimum absolute atomic E-state index is 0.0662. The van der Waals surface area contributed by atoms with E-state index in [2.05, 4.69) is 9.97 Å². The van der Waals surface area contributed by atoms with E-state index in [0.29, 0.717) is 43.4 Å². The number of nitrogens with zero attached hydrogens (tertiary/aromatic N) is 2. The van der Waals surface area contributed by atoms with E-state index in [1.54, 1.807) is 12.1 Å². The molecule has 7 nitrogen and oxygen atoms in total. The number of ether oxygens (including phenoxy) is 2. The van der Waals surface area contributed by atoms with Gasteiger partial charge in [0.2, 0.25) is 0 Å². The molecular formula is C18H19N3O4. The number of nitrogens with one attached hydrogen (secondary N) is 1. The van der Waals surface area contributed by atoms with E-state index in [9.17, 15) is 9.59 Å². The summed E-state index contributed by atoms with van der Waals surface area (Å²) in [6.07, 6.45) is 3.32. The molecule has 1 fully saturated rings. The van der Waals surface area contributed by atoms with Gasteiger partial charge in [-0.2, -0.15) is 0 Å². The van der Waals surface area contributed by atoms with Crippen molar-refractivity contribution < 1.29 is 14.3 Å². The second-order valence-electron chi connectivity index (χ2n) is 6.25. The molecule has 0 unspecified atom stereocenters. The lowest BCUT2D eigenvalue weighted by molar-refractivity contribution is 0.0695. The van der Waals surface area contributed by atoms with E-state index in [-0.39, 0.29) is 17.5 Å². The second kappa shape index (κ2) is 6.58. The third-order valence-electron chi connectivity index (χ3n) is 4.64. The second-order valence-corrected chi connectivity index (χ2v) is 6.25. The molecule has 0 spiro atoms. The molecule has 1 aromatic heterocycles. The maximum absolute atomic E-state index is 13.0. The average Bonchev–Trinajstić information content (AvgIpc) is 2.67. The van der Waals surface area contributed by atoms with Gasteiger partial charge in [0.05, 0.1) is 5.56 Å². The first-order valence-corrected chi connectivity index (χ1v) is 8.45. The summed E-state index contributed by atoms with van der Waals surface area (Å²) < 4.78 is 11.2. The zero-order valence-corrected chi connectivity index (χ0v) is 13.7. The normalized spacial score (nSPS) is 19.5. The van der Waals surface area contributed by atoms with Crippen LogP contribution in [0.4, 0.5) is 0 Å². The van der Waals surface area contributed by atoms with Gasteiger partial charge in [0.25, 0.3) is 5.91 Å². The topological polar surface area (TPSA) is 84.5 Å². The predicted octanol–water partition coefficient (Wildman–Crippen LogP) is 1.56. The van der Waals surface area contributed by atoms with Crippen LogP contribution < -0.4 is 15.2 Å². The third-order valence-corrected chi connectivity index (χ3v) is 4.64. The number of benzene rings is 1. The molecule has 2 aliphatic heterocycles. The lowest BCUT2D eigenvalue weighted by Crippen LogP contribution is -2.40. The molecule has 0 radical (unpaired) electrons. The third kappa shape index (κ3) is 3.09. The molecule has 1 amide bonds. The smallest absolute Gasteiger partial charge is 0.345 e. The summed E-state index contributed by atoms with van der Waals surface area (Å²) >= 11 is 0. The highest BCUT2D eigenvalue weighted by Gasteiger charge is 2.29. The van der Waals surface area contributed by atoms with Crippen molar-refractivity contribution in [3.8, 4) is 11.5 Å². The number of hydrogen-bond donors (Lipinski definition) is 1. The Morgan fingerprint density at radius 3 is 3.00 bits per heavy atom. The zero-order valence-electron chi connectivity index (χ0n) is 13.7. The van der Waals surface area contributed by atoms with E-state index < -0.39 is 0 Å². The molecule has 1 N–H and O–H groups in total. The van der Waals surface area contributed by atoms with Gasteiger partial charge in [-0.15, -0.1) is 0 Å². The summed E-state index contributed by atoms with van der Waals surface area (Å²) in [4.78, 5) is 32.7. The summed E-state index contributed by atoms with van der Waals surface area (Å²) in [5, 5.41) is 0. The molecule has 0 bridgehead atoms. The van der Waals surface area contributed by atoms with E-state index in [0.717, 1.165) is 18.5 Å². The van der Waals surface area contributed by atoms with Crippen molar-refractivity contribution in [1.82, 2.24) is 14.9 Å². The highest BCUT2D eigenvalue weighted by Crippen LogP contribution is 2.35. The standard InChI is InChI=1S/C18H19N3O4/c22-17(13-4-1-5-15-16(13)25-10-9-24-15)21-8-2-3-12(11-21)14-6-7-19-18(23)20-14/h1,4-7,12H,2-3,8-11H2,(H,19,20,23)/t12-/m1/s1. The fraction of sp³-hybridized carbons (Fsp3) is 0.389. The number of carbonyl (C=O) groups is 1. The number of para-hydroxylation sites is 1. The largest absolute Gasteiger partial charge is 0.486 e. The molecular weight excluding hydrogens is 322 g/mol. The van der Waals surface area contributed by atoms with Crippen LogP contribution in [0.5, 0.6) is 11.5 Å². The Balaban J connectivity index is 1.57. The molecule has 25 heavy (non-hydrogen) atoms. The van der Waals surface area contributed by atoms with Crippen molar-refractivity contribution >= 4 is 5.91 Å². The van der Waals surface area contributed by atoms with Crippen molar-refractivity contribution in [3.05, 3.63) is 52.2 Å². The van der Waals surface area contributed by atoms with Crippen LogP contribution in [0.15, 0.2) is 35.3 Å². The summed E-state index contributed by atoms with van der Waals surface area (Å²) in [5.41, 5.74) is 0.997. The molecule has 1 saturated heterocycles. The molecule has 2 aliphatic rings. The Labute approximate surface area is 144 Å². The summed E-state index contributed by atoms with van der Waals surface area (Å²) in [6, 6.07) is 7.20. The van der Waals surface area contributed by atoms with Crippen LogP contribution in [0.3, 0.4) is 0 Å². The number of carbonyl (C=O) groups excluding carboxylic acids is 1. The Morgan fingerprint density at radius 2 is 2.12 bits per heavy atom. The van der Waals surface area contributed by atoms with Crippen LogP contribution in [-0.2, 0) is 0 Å². The van der Waals surface area contributed by atoms with Crippen molar-refractivity contribution in [2.45, 2.75) is 18.8 Å². The lowest BCUT2D eigenvalue weighted by Gasteiger charge is -2.33. The average molecular weight is 341 g/mol. The zero-order chi connectivity index (χ0) is 17.2. The number of piperidine rings is 1. The number of fused-ring (bicyclic) bond motifs is 1. The van der Waals surface area contributed by atoms with Crippen LogP contribution in [0, 0.1) is 0 Å². The predicted molar refractivity (Wildman–Crippen MR) is 90.2 cm³/mol. The molecule has 7 heteroatoms. The molecule has 1 aromatic carbocycles. The number of likely N-dealkylation sites (tertiary alicyclic amines) is 1.